The smallest absolute Gasteiger partial charge is 0.253 e. The summed E-state index contributed by atoms with van der Waals surface area (Å²) in [6.45, 7) is 4.44. The lowest BCUT2D eigenvalue weighted by molar-refractivity contribution is -0.138. The highest BCUT2D eigenvalue weighted by Gasteiger charge is 2.41. The summed E-state index contributed by atoms with van der Waals surface area (Å²) in [6.07, 6.45) is 0.295. The van der Waals surface area contributed by atoms with E-state index >= 15 is 0 Å². The molecule has 1 N–H and O–H groups in total. The average molecular weight is 307 g/mol. The number of carbonyl (C=O) groups is 2. The lowest BCUT2D eigenvalue weighted by Crippen LogP contribution is -2.52. The molecule has 21 heavy (non-hydrogen) atoms. The molecule has 0 radical (unpaired) electrons. The van der Waals surface area contributed by atoms with Crippen LogP contribution in [0.2, 0.25) is 0 Å². The van der Waals surface area contributed by atoms with Crippen molar-refractivity contribution in [2.24, 2.45) is 0 Å². The number of hydrogen-bond donors (Lipinski definition) is 1. The molecule has 2 amide bonds. The lowest BCUT2D eigenvalue weighted by Gasteiger charge is -2.32. The Labute approximate surface area is 129 Å². The number of nitrogens with one attached hydrogen (secondary N) is 1. The molecule has 1 heterocycles. The van der Waals surface area contributed by atoms with E-state index < -0.39 is 5.54 Å². The highest BCUT2D eigenvalue weighted by atomic mass is 35.5. The molecule has 2 rings (SSSR count). The number of rotatable bonds is 3. The maximum absolute atomic E-state index is 12.9. The van der Waals surface area contributed by atoms with Crippen LogP contribution in [0, 0.1) is 0 Å². The number of hydrogen-bond acceptors (Lipinski definition) is 2. The van der Waals surface area contributed by atoms with Gasteiger partial charge in [-0.1, -0.05) is 41.9 Å². The van der Waals surface area contributed by atoms with Gasteiger partial charge in [0.2, 0.25) is 5.91 Å². The first kappa shape index (κ1) is 15.6. The predicted octanol–water partition coefficient (Wildman–Crippen LogP) is 2.39. The first-order valence-electron chi connectivity index (χ1n) is 6.89. The molecule has 1 atom stereocenters. The molecular formula is C16H19ClN2O2. The van der Waals surface area contributed by atoms with E-state index in [-0.39, 0.29) is 11.8 Å². The van der Waals surface area contributed by atoms with Gasteiger partial charge in [-0.2, -0.15) is 0 Å². The summed E-state index contributed by atoms with van der Waals surface area (Å²) in [5.41, 5.74) is 2.09. The standard InChI is InChI=1S/C16H19ClN2O2/c1-12(10-17)11-19-9-8-14(20)18-16(2,15(19)21)13-6-4-3-5-7-13/h3-7,10H,8-9,11H2,1-2H3,(H,18,20)/b12-10-. The van der Waals surface area contributed by atoms with Crippen molar-refractivity contribution in [1.29, 1.82) is 0 Å². The van der Waals surface area contributed by atoms with Crippen LogP contribution in [0.15, 0.2) is 41.4 Å². The third-order valence-corrected chi connectivity index (χ3v) is 4.06. The van der Waals surface area contributed by atoms with Crippen molar-refractivity contribution in [3.63, 3.8) is 0 Å². The molecule has 0 aliphatic carbocycles. The van der Waals surface area contributed by atoms with Gasteiger partial charge in [-0.3, -0.25) is 9.59 Å². The zero-order chi connectivity index (χ0) is 15.5. The zero-order valence-electron chi connectivity index (χ0n) is 12.2. The van der Waals surface area contributed by atoms with Crippen LogP contribution in [0.1, 0.15) is 25.8 Å². The zero-order valence-corrected chi connectivity index (χ0v) is 13.0. The maximum Gasteiger partial charge on any atom is 0.253 e. The van der Waals surface area contributed by atoms with Crippen LogP contribution in [0.3, 0.4) is 0 Å². The summed E-state index contributed by atoms with van der Waals surface area (Å²) in [7, 11) is 0. The second-order valence-electron chi connectivity index (χ2n) is 5.47. The number of carbonyl (C=O) groups excluding carboxylic acids is 2. The third kappa shape index (κ3) is 3.27. The minimum atomic E-state index is -1.04. The first-order valence-corrected chi connectivity index (χ1v) is 7.33. The highest BCUT2D eigenvalue weighted by molar-refractivity contribution is 6.25. The van der Waals surface area contributed by atoms with E-state index in [1.54, 1.807) is 11.8 Å². The Kier molecular flexibility index (Phi) is 4.68. The van der Waals surface area contributed by atoms with Crippen LogP contribution < -0.4 is 5.32 Å². The van der Waals surface area contributed by atoms with Gasteiger partial charge in [0, 0.05) is 25.0 Å². The molecule has 1 fully saturated rings. The highest BCUT2D eigenvalue weighted by Crippen LogP contribution is 2.26. The molecule has 1 aliphatic heterocycles. The van der Waals surface area contributed by atoms with Gasteiger partial charge >= 0.3 is 0 Å². The number of nitrogens with zero attached hydrogens (tertiary/aromatic N) is 1. The van der Waals surface area contributed by atoms with E-state index in [2.05, 4.69) is 5.32 Å². The van der Waals surface area contributed by atoms with Gasteiger partial charge in [0.1, 0.15) is 5.54 Å². The largest absolute Gasteiger partial charge is 0.338 e. The van der Waals surface area contributed by atoms with E-state index in [1.165, 1.54) is 5.54 Å². The molecule has 1 unspecified atom stereocenters. The van der Waals surface area contributed by atoms with Crippen molar-refractivity contribution >= 4 is 23.4 Å². The van der Waals surface area contributed by atoms with Crippen LogP contribution in [-0.2, 0) is 15.1 Å². The molecule has 1 aliphatic rings. The predicted molar refractivity (Wildman–Crippen MR) is 82.7 cm³/mol. The van der Waals surface area contributed by atoms with Crippen molar-refractivity contribution in [2.45, 2.75) is 25.8 Å². The first-order chi connectivity index (χ1) is 9.97. The van der Waals surface area contributed by atoms with Crippen LogP contribution in [0.25, 0.3) is 0 Å². The normalized spacial score (nSPS) is 23.8. The number of halogens is 1. The van der Waals surface area contributed by atoms with E-state index in [1.807, 2.05) is 37.3 Å². The monoisotopic (exact) mass is 306 g/mol. The summed E-state index contributed by atoms with van der Waals surface area (Å²) >= 11 is 5.69. The fourth-order valence-electron chi connectivity index (χ4n) is 2.50. The average Bonchev–Trinajstić information content (AvgIpc) is 2.60. The fraction of sp³-hybridized carbons (Fsp3) is 0.375. The molecule has 0 spiro atoms. The summed E-state index contributed by atoms with van der Waals surface area (Å²) in [4.78, 5) is 26.6. The summed E-state index contributed by atoms with van der Waals surface area (Å²) in [5.74, 6) is -0.234. The Morgan fingerprint density at radius 1 is 1.38 bits per heavy atom. The van der Waals surface area contributed by atoms with Gasteiger partial charge in [0.15, 0.2) is 0 Å². The van der Waals surface area contributed by atoms with Crippen molar-refractivity contribution < 1.29 is 9.59 Å². The topological polar surface area (TPSA) is 49.4 Å². The Balaban J connectivity index is 2.38. The van der Waals surface area contributed by atoms with Crippen LogP contribution >= 0.6 is 11.6 Å². The van der Waals surface area contributed by atoms with E-state index in [0.29, 0.717) is 19.5 Å². The van der Waals surface area contributed by atoms with Crippen molar-refractivity contribution in [3.05, 3.63) is 47.0 Å². The van der Waals surface area contributed by atoms with Crippen molar-refractivity contribution in [1.82, 2.24) is 10.2 Å². The van der Waals surface area contributed by atoms with E-state index in [4.69, 9.17) is 11.6 Å². The van der Waals surface area contributed by atoms with Crippen LogP contribution in [-0.4, -0.2) is 29.8 Å². The van der Waals surface area contributed by atoms with E-state index in [9.17, 15) is 9.59 Å². The number of amides is 2. The maximum atomic E-state index is 12.9. The fourth-order valence-corrected chi connectivity index (χ4v) is 2.57. The molecule has 0 saturated carbocycles. The minimum absolute atomic E-state index is 0.114. The van der Waals surface area contributed by atoms with Crippen LogP contribution in [0.5, 0.6) is 0 Å². The van der Waals surface area contributed by atoms with Crippen molar-refractivity contribution in [3.8, 4) is 0 Å². The molecule has 4 nitrogen and oxygen atoms in total. The quantitative estimate of drug-likeness (QED) is 0.932. The van der Waals surface area contributed by atoms with Gasteiger partial charge in [-0.25, -0.2) is 0 Å². The minimum Gasteiger partial charge on any atom is -0.338 e. The van der Waals surface area contributed by atoms with Gasteiger partial charge in [-0.15, -0.1) is 0 Å². The Morgan fingerprint density at radius 2 is 2.05 bits per heavy atom. The van der Waals surface area contributed by atoms with Crippen molar-refractivity contribution in [2.75, 3.05) is 13.1 Å². The third-order valence-electron chi connectivity index (χ3n) is 3.69. The Bertz CT molecular complexity index is 571. The molecule has 1 saturated heterocycles. The molecule has 1 aromatic rings. The summed E-state index contributed by atoms with van der Waals surface area (Å²) < 4.78 is 0. The molecule has 0 aromatic heterocycles. The second kappa shape index (κ2) is 6.31. The van der Waals surface area contributed by atoms with Gasteiger partial charge in [-0.05, 0) is 25.0 Å². The summed E-state index contributed by atoms with van der Waals surface area (Å²) in [6, 6.07) is 9.31. The molecule has 5 heteroatoms. The SMILES string of the molecule is C/C(=C/Cl)CN1CCC(=O)NC(C)(c2ccccc2)C1=O. The number of benzene rings is 1. The Hall–Kier alpha value is -1.81. The molecular weight excluding hydrogens is 288 g/mol. The van der Waals surface area contributed by atoms with Gasteiger partial charge < -0.3 is 10.2 Å². The van der Waals surface area contributed by atoms with Crippen LogP contribution in [0.4, 0.5) is 0 Å². The Morgan fingerprint density at radius 3 is 2.67 bits per heavy atom. The molecule has 112 valence electrons. The van der Waals surface area contributed by atoms with Gasteiger partial charge in [0.05, 0.1) is 0 Å². The molecule has 0 bridgehead atoms. The second-order valence-corrected chi connectivity index (χ2v) is 5.69. The van der Waals surface area contributed by atoms with E-state index in [0.717, 1.165) is 11.1 Å². The lowest BCUT2D eigenvalue weighted by atomic mass is 9.90. The van der Waals surface area contributed by atoms with Gasteiger partial charge in [0.25, 0.3) is 5.91 Å². The molecule has 1 aromatic carbocycles. The summed E-state index contributed by atoms with van der Waals surface area (Å²) in [5, 5.41) is 2.86.